The number of carbonyl (C=O) groups excluding carboxylic acids is 1. The molecule has 2 amide bonds. The lowest BCUT2D eigenvalue weighted by molar-refractivity contribution is 0.0201. The molecule has 1 aliphatic carbocycles. The predicted octanol–water partition coefficient (Wildman–Crippen LogP) is 3.29. The maximum Gasteiger partial charge on any atom is 0.315 e. The first-order valence-corrected chi connectivity index (χ1v) is 8.46. The number of aryl methyl sites for hydroxylation is 1. The molecule has 0 spiro atoms. The first kappa shape index (κ1) is 16.8. The molecule has 1 heterocycles. The van der Waals surface area contributed by atoms with Gasteiger partial charge >= 0.3 is 6.03 Å². The van der Waals surface area contributed by atoms with E-state index in [1.165, 1.54) is 6.42 Å². The molecule has 0 aliphatic heterocycles. The Bertz CT molecular complexity index is 496. The number of urea groups is 1. The Labute approximate surface area is 133 Å². The minimum absolute atomic E-state index is 0.0673. The van der Waals surface area contributed by atoms with Crippen molar-refractivity contribution in [2.24, 2.45) is 11.3 Å². The monoisotopic (exact) mass is 307 g/mol. The van der Waals surface area contributed by atoms with E-state index < -0.39 is 0 Å². The molecule has 0 unspecified atom stereocenters. The van der Waals surface area contributed by atoms with Crippen LogP contribution in [-0.2, 0) is 12.8 Å². The van der Waals surface area contributed by atoms with Gasteiger partial charge in [0.15, 0.2) is 0 Å². The van der Waals surface area contributed by atoms with Crippen LogP contribution < -0.4 is 10.6 Å². The van der Waals surface area contributed by atoms with E-state index in [2.05, 4.69) is 42.6 Å². The van der Waals surface area contributed by atoms with Gasteiger partial charge in [-0.2, -0.15) is 0 Å². The van der Waals surface area contributed by atoms with Crippen LogP contribution >= 0.6 is 0 Å². The Morgan fingerprint density at radius 1 is 1.45 bits per heavy atom. The topological polar surface area (TPSA) is 67.2 Å². The zero-order valence-corrected chi connectivity index (χ0v) is 14.2. The van der Waals surface area contributed by atoms with Crippen LogP contribution in [-0.4, -0.2) is 23.8 Å². The van der Waals surface area contributed by atoms with Crippen molar-refractivity contribution in [2.45, 2.75) is 65.8 Å². The zero-order valence-electron chi connectivity index (χ0n) is 14.2. The normalized spacial score (nSPS) is 22.9. The van der Waals surface area contributed by atoms with Gasteiger partial charge in [0.25, 0.3) is 0 Å². The van der Waals surface area contributed by atoms with Crippen molar-refractivity contribution in [2.75, 3.05) is 6.54 Å². The van der Waals surface area contributed by atoms with Gasteiger partial charge in [-0.25, -0.2) is 4.79 Å². The van der Waals surface area contributed by atoms with Crippen molar-refractivity contribution in [1.82, 2.24) is 15.8 Å². The fourth-order valence-corrected chi connectivity index (χ4v) is 3.15. The molecule has 1 aromatic heterocycles. The minimum atomic E-state index is -0.0673. The third kappa shape index (κ3) is 3.81. The molecule has 0 radical (unpaired) electrons. The third-order valence-electron chi connectivity index (χ3n) is 4.95. The summed E-state index contributed by atoms with van der Waals surface area (Å²) in [7, 11) is 0. The second kappa shape index (κ2) is 7.16. The summed E-state index contributed by atoms with van der Waals surface area (Å²) in [5.74, 6) is 1.52. The maximum atomic E-state index is 11.7. The minimum Gasteiger partial charge on any atom is -0.361 e. The second-order valence-electron chi connectivity index (χ2n) is 6.90. The average molecular weight is 307 g/mol. The third-order valence-corrected chi connectivity index (χ3v) is 4.95. The summed E-state index contributed by atoms with van der Waals surface area (Å²) in [5, 5.41) is 10.1. The van der Waals surface area contributed by atoms with Gasteiger partial charge < -0.3 is 15.2 Å². The van der Waals surface area contributed by atoms with Crippen LogP contribution in [0.1, 0.15) is 58.4 Å². The van der Waals surface area contributed by atoms with Gasteiger partial charge in [0, 0.05) is 25.1 Å². The van der Waals surface area contributed by atoms with E-state index in [1.807, 2.05) is 6.92 Å². The number of hydrogen-bond donors (Lipinski definition) is 2. The molecule has 2 rings (SSSR count). The van der Waals surface area contributed by atoms with E-state index in [-0.39, 0.29) is 17.5 Å². The number of hydrogen-bond acceptors (Lipinski definition) is 3. The van der Waals surface area contributed by atoms with Gasteiger partial charge in [-0.15, -0.1) is 0 Å². The summed E-state index contributed by atoms with van der Waals surface area (Å²) in [6, 6.07) is 2.26. The Morgan fingerprint density at radius 3 is 2.86 bits per heavy atom. The van der Waals surface area contributed by atoms with E-state index in [9.17, 15) is 4.79 Å². The number of amides is 2. The lowest BCUT2D eigenvalue weighted by Gasteiger charge is -2.52. The highest BCUT2D eigenvalue weighted by molar-refractivity contribution is 5.74. The van der Waals surface area contributed by atoms with Gasteiger partial charge in [-0.3, -0.25) is 0 Å². The van der Waals surface area contributed by atoms with Crippen LogP contribution in [0.25, 0.3) is 0 Å². The molecule has 1 saturated carbocycles. The van der Waals surface area contributed by atoms with Gasteiger partial charge in [0.2, 0.25) is 0 Å². The molecule has 2 atom stereocenters. The van der Waals surface area contributed by atoms with Crippen molar-refractivity contribution < 1.29 is 9.32 Å². The SMILES string of the molecule is CCCCc1cc(C[C@@H]2C[C@H](NC(=O)NCC)C2(C)C)no1. The van der Waals surface area contributed by atoms with Gasteiger partial charge in [-0.05, 0) is 37.5 Å². The number of aromatic nitrogens is 1. The Balaban J connectivity index is 1.84. The molecular weight excluding hydrogens is 278 g/mol. The molecule has 1 aromatic rings. The van der Waals surface area contributed by atoms with E-state index in [1.54, 1.807) is 0 Å². The highest BCUT2D eigenvalue weighted by atomic mass is 16.5. The molecule has 0 bridgehead atoms. The lowest BCUT2D eigenvalue weighted by atomic mass is 9.57. The van der Waals surface area contributed by atoms with Crippen LogP contribution in [0, 0.1) is 11.3 Å². The highest BCUT2D eigenvalue weighted by Crippen LogP contribution is 2.47. The molecule has 5 nitrogen and oxygen atoms in total. The molecule has 0 aromatic carbocycles. The maximum absolute atomic E-state index is 11.7. The number of rotatable bonds is 7. The quantitative estimate of drug-likeness (QED) is 0.812. The highest BCUT2D eigenvalue weighted by Gasteiger charge is 2.48. The molecule has 0 saturated heterocycles. The van der Waals surface area contributed by atoms with Crippen LogP contribution in [0.5, 0.6) is 0 Å². The summed E-state index contributed by atoms with van der Waals surface area (Å²) in [6.45, 7) is 9.19. The van der Waals surface area contributed by atoms with Crippen LogP contribution in [0.4, 0.5) is 4.79 Å². The summed E-state index contributed by atoms with van der Waals surface area (Å²) in [5.41, 5.74) is 1.13. The average Bonchev–Trinajstić information content (AvgIpc) is 2.92. The van der Waals surface area contributed by atoms with Crippen LogP contribution in [0.2, 0.25) is 0 Å². The molecule has 2 N–H and O–H groups in total. The van der Waals surface area contributed by atoms with Gasteiger partial charge in [0.1, 0.15) is 5.76 Å². The first-order valence-electron chi connectivity index (χ1n) is 8.46. The summed E-state index contributed by atoms with van der Waals surface area (Å²) in [6.07, 6.45) is 5.21. The smallest absolute Gasteiger partial charge is 0.315 e. The van der Waals surface area contributed by atoms with Crippen molar-refractivity contribution >= 4 is 6.03 Å². The summed E-state index contributed by atoms with van der Waals surface area (Å²) >= 11 is 0. The molecule has 1 fully saturated rings. The van der Waals surface area contributed by atoms with Gasteiger partial charge in [-0.1, -0.05) is 32.3 Å². The largest absolute Gasteiger partial charge is 0.361 e. The summed E-state index contributed by atoms with van der Waals surface area (Å²) in [4.78, 5) is 11.7. The van der Waals surface area contributed by atoms with E-state index in [0.29, 0.717) is 12.5 Å². The van der Waals surface area contributed by atoms with E-state index in [0.717, 1.165) is 37.1 Å². The van der Waals surface area contributed by atoms with Crippen molar-refractivity contribution in [3.05, 3.63) is 17.5 Å². The predicted molar refractivity (Wildman–Crippen MR) is 86.7 cm³/mol. The van der Waals surface area contributed by atoms with Gasteiger partial charge in [0.05, 0.1) is 5.69 Å². The first-order chi connectivity index (χ1) is 10.5. The lowest BCUT2D eigenvalue weighted by Crippen LogP contribution is -2.60. The van der Waals surface area contributed by atoms with Crippen LogP contribution in [0.3, 0.4) is 0 Å². The fraction of sp³-hybridized carbons (Fsp3) is 0.765. The number of unbranched alkanes of at least 4 members (excludes halogenated alkanes) is 1. The summed E-state index contributed by atoms with van der Waals surface area (Å²) < 4.78 is 5.40. The Kier molecular flexibility index (Phi) is 5.48. The number of nitrogens with one attached hydrogen (secondary N) is 2. The standard InChI is InChI=1S/C17H29N3O2/c1-5-7-8-14-11-13(20-22-14)9-12-10-15(17(12,3)4)19-16(21)18-6-2/h11-12,15H,5-10H2,1-4H3,(H2,18,19,21)/t12-,15+/m1/s1. The second-order valence-corrected chi connectivity index (χ2v) is 6.90. The molecule has 5 heteroatoms. The Hall–Kier alpha value is -1.52. The van der Waals surface area contributed by atoms with E-state index in [4.69, 9.17) is 4.52 Å². The molecule has 124 valence electrons. The van der Waals surface area contributed by atoms with Crippen LogP contribution in [0.15, 0.2) is 10.6 Å². The molecule has 22 heavy (non-hydrogen) atoms. The number of nitrogens with zero attached hydrogens (tertiary/aromatic N) is 1. The van der Waals surface area contributed by atoms with Crippen molar-refractivity contribution in [3.8, 4) is 0 Å². The molecular formula is C17H29N3O2. The van der Waals surface area contributed by atoms with Crippen molar-refractivity contribution in [1.29, 1.82) is 0 Å². The molecule has 1 aliphatic rings. The Morgan fingerprint density at radius 2 is 2.23 bits per heavy atom. The zero-order chi connectivity index (χ0) is 16.2. The van der Waals surface area contributed by atoms with E-state index >= 15 is 0 Å². The number of carbonyl (C=O) groups is 1. The van der Waals surface area contributed by atoms with Crippen molar-refractivity contribution in [3.63, 3.8) is 0 Å². The fourth-order valence-electron chi connectivity index (χ4n) is 3.15.